The maximum Gasteiger partial charge on any atom is 0.107 e. The first kappa shape index (κ1) is 11.1. The van der Waals surface area contributed by atoms with Crippen LogP contribution in [0.3, 0.4) is 0 Å². The maximum atomic E-state index is 6.09. The Hall–Kier alpha value is -1.02. The molecule has 1 aromatic rings. The van der Waals surface area contributed by atoms with Gasteiger partial charge in [-0.25, -0.2) is 0 Å². The highest BCUT2D eigenvalue weighted by molar-refractivity contribution is 5.45. The average Bonchev–Trinajstić information content (AvgIpc) is 2.55. The SMILES string of the molecule is C[N+]1(Cc2ccccc2N)C2C[CH]CC1CC2. The van der Waals surface area contributed by atoms with E-state index in [1.165, 1.54) is 35.7 Å². The van der Waals surface area contributed by atoms with Gasteiger partial charge in [0.2, 0.25) is 0 Å². The van der Waals surface area contributed by atoms with Crippen molar-refractivity contribution < 1.29 is 4.48 Å². The van der Waals surface area contributed by atoms with Crippen LogP contribution in [-0.2, 0) is 6.54 Å². The molecule has 91 valence electrons. The lowest BCUT2D eigenvalue weighted by atomic mass is 9.98. The maximum absolute atomic E-state index is 6.09. The van der Waals surface area contributed by atoms with Crippen LogP contribution >= 0.6 is 0 Å². The molecule has 2 saturated heterocycles. The zero-order chi connectivity index (χ0) is 11.9. The molecule has 3 rings (SSSR count). The first-order valence-corrected chi connectivity index (χ1v) is 6.70. The number of para-hydroxylation sites is 1. The first-order chi connectivity index (χ1) is 8.20. The van der Waals surface area contributed by atoms with Gasteiger partial charge in [-0.3, -0.25) is 0 Å². The second-order valence-electron chi connectivity index (χ2n) is 5.85. The third-order valence-electron chi connectivity index (χ3n) is 4.95. The molecule has 2 N–H and O–H groups in total. The topological polar surface area (TPSA) is 26.0 Å². The van der Waals surface area contributed by atoms with Crippen molar-refractivity contribution >= 4 is 5.69 Å². The van der Waals surface area contributed by atoms with Gasteiger partial charge in [0.15, 0.2) is 0 Å². The number of nitrogens with zero attached hydrogens (tertiary/aromatic N) is 1. The summed E-state index contributed by atoms with van der Waals surface area (Å²) >= 11 is 0. The van der Waals surface area contributed by atoms with Gasteiger partial charge in [0.1, 0.15) is 6.54 Å². The highest BCUT2D eigenvalue weighted by Gasteiger charge is 2.48. The number of piperidine rings is 1. The minimum Gasteiger partial charge on any atom is -0.398 e. The van der Waals surface area contributed by atoms with Crippen molar-refractivity contribution in [3.63, 3.8) is 0 Å². The lowest BCUT2D eigenvalue weighted by Crippen LogP contribution is -2.55. The molecule has 0 aliphatic carbocycles. The Labute approximate surface area is 104 Å². The van der Waals surface area contributed by atoms with Gasteiger partial charge < -0.3 is 10.2 Å². The van der Waals surface area contributed by atoms with E-state index in [0.29, 0.717) is 0 Å². The van der Waals surface area contributed by atoms with E-state index in [1.807, 2.05) is 12.1 Å². The molecule has 2 nitrogen and oxygen atoms in total. The Morgan fingerprint density at radius 3 is 2.47 bits per heavy atom. The Morgan fingerprint density at radius 1 is 1.18 bits per heavy atom. The third-order valence-corrected chi connectivity index (χ3v) is 4.95. The predicted octanol–water partition coefficient (Wildman–Crippen LogP) is 2.74. The molecule has 2 aliphatic rings. The Balaban J connectivity index is 1.87. The van der Waals surface area contributed by atoms with E-state index in [1.54, 1.807) is 0 Å². The highest BCUT2D eigenvalue weighted by atomic mass is 15.4. The van der Waals surface area contributed by atoms with Gasteiger partial charge in [0.05, 0.1) is 19.1 Å². The van der Waals surface area contributed by atoms with E-state index < -0.39 is 0 Å². The summed E-state index contributed by atoms with van der Waals surface area (Å²) in [6.07, 6.45) is 7.87. The second kappa shape index (κ2) is 4.02. The summed E-state index contributed by atoms with van der Waals surface area (Å²) in [6.45, 7) is 1.11. The predicted molar refractivity (Wildman–Crippen MR) is 71.1 cm³/mol. The van der Waals surface area contributed by atoms with Crippen molar-refractivity contribution in [1.82, 2.24) is 0 Å². The summed E-state index contributed by atoms with van der Waals surface area (Å²) in [4.78, 5) is 0. The lowest BCUT2D eigenvalue weighted by molar-refractivity contribution is -0.958. The van der Waals surface area contributed by atoms with Crippen molar-refractivity contribution in [2.75, 3.05) is 12.8 Å². The van der Waals surface area contributed by atoms with Crippen LogP contribution in [0.25, 0.3) is 0 Å². The summed E-state index contributed by atoms with van der Waals surface area (Å²) in [6, 6.07) is 10.0. The molecule has 2 fully saturated rings. The lowest BCUT2D eigenvalue weighted by Gasteiger charge is -2.45. The molecule has 2 heterocycles. The third kappa shape index (κ3) is 1.75. The molecule has 2 aliphatic heterocycles. The molecule has 2 atom stereocenters. The summed E-state index contributed by atoms with van der Waals surface area (Å²) in [5, 5.41) is 0. The van der Waals surface area contributed by atoms with Crippen LogP contribution in [0.4, 0.5) is 5.69 Å². The second-order valence-corrected chi connectivity index (χ2v) is 5.85. The molecular formula is C15H22N2+. The quantitative estimate of drug-likeness (QED) is 0.613. The number of quaternary nitrogens is 1. The molecule has 2 heteroatoms. The summed E-state index contributed by atoms with van der Waals surface area (Å²) in [5.74, 6) is 0. The fourth-order valence-corrected chi connectivity index (χ4v) is 3.77. The van der Waals surface area contributed by atoms with Crippen LogP contribution in [0, 0.1) is 6.42 Å². The molecule has 1 aromatic carbocycles. The van der Waals surface area contributed by atoms with Gasteiger partial charge in [-0.2, -0.15) is 0 Å². The van der Waals surface area contributed by atoms with Crippen LogP contribution in [-0.4, -0.2) is 23.6 Å². The fourth-order valence-electron chi connectivity index (χ4n) is 3.77. The van der Waals surface area contributed by atoms with Crippen molar-refractivity contribution in [2.24, 2.45) is 0 Å². The van der Waals surface area contributed by atoms with Crippen molar-refractivity contribution in [3.8, 4) is 0 Å². The van der Waals surface area contributed by atoms with E-state index in [2.05, 4.69) is 25.6 Å². The van der Waals surface area contributed by atoms with Gasteiger partial charge >= 0.3 is 0 Å². The molecule has 0 aromatic heterocycles. The van der Waals surface area contributed by atoms with Crippen LogP contribution in [0.2, 0.25) is 0 Å². The van der Waals surface area contributed by atoms with Crippen LogP contribution < -0.4 is 5.73 Å². The number of benzene rings is 1. The van der Waals surface area contributed by atoms with Gasteiger partial charge in [-0.1, -0.05) is 18.2 Å². The zero-order valence-corrected chi connectivity index (χ0v) is 10.6. The molecule has 0 amide bonds. The molecule has 1 radical (unpaired) electrons. The average molecular weight is 230 g/mol. The monoisotopic (exact) mass is 230 g/mol. The fraction of sp³-hybridized carbons (Fsp3) is 0.533. The Morgan fingerprint density at radius 2 is 1.82 bits per heavy atom. The van der Waals surface area contributed by atoms with Gasteiger partial charge in [-0.15, -0.1) is 0 Å². The van der Waals surface area contributed by atoms with Crippen LogP contribution in [0.5, 0.6) is 0 Å². The van der Waals surface area contributed by atoms with Gasteiger partial charge in [0, 0.05) is 36.9 Å². The Bertz CT molecular complexity index is 397. The number of hydrogen-bond acceptors (Lipinski definition) is 1. The Kier molecular flexibility index (Phi) is 2.62. The standard InChI is InChI=1S/C15H22N2/c1-17(11-12-5-2-3-8-15(12)16)13-6-4-7-14(17)10-9-13/h2-5,8,13-14H,6-7,9-11,16H2,1H3/q+1. The smallest absolute Gasteiger partial charge is 0.107 e. The van der Waals surface area contributed by atoms with Crippen LogP contribution in [0.15, 0.2) is 24.3 Å². The molecular weight excluding hydrogens is 208 g/mol. The summed E-state index contributed by atoms with van der Waals surface area (Å²) in [7, 11) is 2.43. The van der Waals surface area contributed by atoms with Gasteiger partial charge in [-0.05, 0) is 12.5 Å². The number of anilines is 1. The normalized spacial score (nSPS) is 36.1. The van der Waals surface area contributed by atoms with Crippen molar-refractivity contribution in [1.29, 1.82) is 0 Å². The van der Waals surface area contributed by atoms with E-state index in [9.17, 15) is 0 Å². The minimum absolute atomic E-state index is 0.827. The number of fused-ring (bicyclic) bond motifs is 2. The largest absolute Gasteiger partial charge is 0.398 e. The van der Waals surface area contributed by atoms with E-state index >= 15 is 0 Å². The van der Waals surface area contributed by atoms with Crippen molar-refractivity contribution in [2.45, 2.75) is 44.3 Å². The molecule has 2 bridgehead atoms. The zero-order valence-electron chi connectivity index (χ0n) is 10.6. The molecule has 17 heavy (non-hydrogen) atoms. The highest BCUT2D eigenvalue weighted by Crippen LogP contribution is 2.42. The van der Waals surface area contributed by atoms with Crippen LogP contribution in [0.1, 0.15) is 31.2 Å². The minimum atomic E-state index is 0.827. The molecule has 0 spiro atoms. The summed E-state index contributed by atoms with van der Waals surface area (Å²) in [5.41, 5.74) is 8.38. The number of nitrogens with two attached hydrogens (primary N) is 1. The van der Waals surface area contributed by atoms with Gasteiger partial charge in [0.25, 0.3) is 0 Å². The summed E-state index contributed by atoms with van der Waals surface area (Å²) < 4.78 is 1.21. The number of rotatable bonds is 2. The van der Waals surface area contributed by atoms with E-state index in [0.717, 1.165) is 24.3 Å². The number of hydrogen-bond donors (Lipinski definition) is 1. The number of nitrogen functional groups attached to an aromatic ring is 1. The van der Waals surface area contributed by atoms with E-state index in [-0.39, 0.29) is 0 Å². The molecule has 2 unspecified atom stereocenters. The van der Waals surface area contributed by atoms with Crippen molar-refractivity contribution in [3.05, 3.63) is 36.2 Å². The first-order valence-electron chi connectivity index (χ1n) is 6.70. The van der Waals surface area contributed by atoms with E-state index in [4.69, 9.17) is 5.73 Å². The molecule has 0 saturated carbocycles.